The van der Waals surface area contributed by atoms with Crippen molar-refractivity contribution in [3.63, 3.8) is 0 Å². The number of hydrogen-bond acceptors (Lipinski definition) is 6. The topological polar surface area (TPSA) is 90.1 Å². The number of benzene rings is 1. The van der Waals surface area contributed by atoms with Crippen molar-refractivity contribution in [1.82, 2.24) is 15.1 Å². The van der Waals surface area contributed by atoms with E-state index < -0.39 is 0 Å². The third kappa shape index (κ3) is 2.40. The van der Waals surface area contributed by atoms with Gasteiger partial charge in [-0.2, -0.15) is 0 Å². The van der Waals surface area contributed by atoms with Crippen LogP contribution in [-0.2, 0) is 12.8 Å². The fraction of sp³-hybridized carbons (Fsp3) is 0.176. The minimum absolute atomic E-state index is 0.236. The molecule has 24 heavy (non-hydrogen) atoms. The molecule has 0 radical (unpaired) electrons. The van der Waals surface area contributed by atoms with Gasteiger partial charge in [0.15, 0.2) is 11.5 Å². The normalized spacial score (nSPS) is 12.2. The van der Waals surface area contributed by atoms with E-state index in [1.54, 1.807) is 25.6 Å². The van der Waals surface area contributed by atoms with Gasteiger partial charge in [0.05, 0.1) is 7.11 Å². The number of anilines is 1. The summed E-state index contributed by atoms with van der Waals surface area (Å²) >= 11 is 0. The first-order valence-electron chi connectivity index (χ1n) is 7.50. The van der Waals surface area contributed by atoms with Crippen LogP contribution in [0.3, 0.4) is 0 Å². The van der Waals surface area contributed by atoms with Crippen LogP contribution in [0.1, 0.15) is 21.6 Å². The maximum Gasteiger partial charge on any atom is 0.280 e. The number of aromatic nitrogens is 3. The first-order chi connectivity index (χ1) is 11.8. The van der Waals surface area contributed by atoms with Crippen molar-refractivity contribution in [3.05, 3.63) is 53.5 Å². The van der Waals surface area contributed by atoms with E-state index in [0.717, 1.165) is 28.9 Å². The number of hydrogen-bond donors (Lipinski definition) is 1. The van der Waals surface area contributed by atoms with Crippen LogP contribution in [0.5, 0.6) is 5.75 Å². The molecule has 0 saturated carbocycles. The lowest BCUT2D eigenvalue weighted by Crippen LogP contribution is -2.17. The Kier molecular flexibility index (Phi) is 3.45. The van der Waals surface area contributed by atoms with E-state index in [1.807, 2.05) is 18.2 Å². The second-order valence-electron chi connectivity index (χ2n) is 5.39. The minimum atomic E-state index is -0.372. The molecule has 1 aliphatic rings. The molecule has 1 N–H and O–H groups in total. The van der Waals surface area contributed by atoms with E-state index in [0.29, 0.717) is 12.2 Å². The van der Waals surface area contributed by atoms with Crippen molar-refractivity contribution in [2.75, 3.05) is 12.4 Å². The molecule has 0 atom stereocenters. The fourth-order valence-electron chi connectivity index (χ4n) is 2.84. The second kappa shape index (κ2) is 5.77. The molecule has 1 aromatic carbocycles. The van der Waals surface area contributed by atoms with Crippen LogP contribution in [0.4, 0.5) is 5.95 Å². The van der Waals surface area contributed by atoms with Crippen molar-refractivity contribution in [2.45, 2.75) is 12.8 Å². The maximum atomic E-state index is 12.4. The standard InChI is InChI=1S/C17H14N4O3/c1-23-11-4-6-12-10(9-11)3-5-13-14(21-24-15(12)13)16(22)20-17-18-7-2-8-19-17/h2,4,6-9H,3,5H2,1H3,(H,18,19,20,22). The summed E-state index contributed by atoms with van der Waals surface area (Å²) in [7, 11) is 1.64. The van der Waals surface area contributed by atoms with Gasteiger partial charge < -0.3 is 9.26 Å². The number of nitrogens with zero attached hydrogens (tertiary/aromatic N) is 3. The Hall–Kier alpha value is -3.22. The SMILES string of the molecule is COc1ccc2c(c1)CCc1c(C(=O)Nc3ncccn3)noc1-2. The highest BCUT2D eigenvalue weighted by molar-refractivity contribution is 6.03. The summed E-state index contributed by atoms with van der Waals surface area (Å²) in [5, 5.41) is 6.59. The number of carbonyl (C=O) groups is 1. The number of rotatable bonds is 3. The van der Waals surface area contributed by atoms with Crippen LogP contribution in [-0.4, -0.2) is 28.1 Å². The van der Waals surface area contributed by atoms with Gasteiger partial charge in [0.25, 0.3) is 5.91 Å². The first kappa shape index (κ1) is 14.4. The van der Waals surface area contributed by atoms with E-state index in [1.165, 1.54) is 0 Å². The number of carbonyl (C=O) groups excluding carboxylic acids is 1. The lowest BCUT2D eigenvalue weighted by atomic mass is 9.89. The molecule has 0 spiro atoms. The average Bonchev–Trinajstić information content (AvgIpc) is 3.06. The third-order valence-electron chi connectivity index (χ3n) is 4.00. The molecule has 0 aliphatic heterocycles. The van der Waals surface area contributed by atoms with E-state index >= 15 is 0 Å². The van der Waals surface area contributed by atoms with Gasteiger partial charge in [-0.05, 0) is 42.7 Å². The summed E-state index contributed by atoms with van der Waals surface area (Å²) in [4.78, 5) is 20.4. The first-order valence-corrected chi connectivity index (χ1v) is 7.50. The Morgan fingerprint density at radius 3 is 2.88 bits per heavy atom. The fourth-order valence-corrected chi connectivity index (χ4v) is 2.84. The van der Waals surface area contributed by atoms with Gasteiger partial charge in [-0.1, -0.05) is 5.16 Å². The minimum Gasteiger partial charge on any atom is -0.497 e. The maximum absolute atomic E-state index is 12.4. The summed E-state index contributed by atoms with van der Waals surface area (Å²) < 4.78 is 10.7. The van der Waals surface area contributed by atoms with Crippen molar-refractivity contribution in [1.29, 1.82) is 0 Å². The van der Waals surface area contributed by atoms with Crippen molar-refractivity contribution < 1.29 is 14.1 Å². The molecule has 4 rings (SSSR count). The Morgan fingerprint density at radius 2 is 2.08 bits per heavy atom. The van der Waals surface area contributed by atoms with Crippen molar-refractivity contribution in [3.8, 4) is 17.1 Å². The van der Waals surface area contributed by atoms with Gasteiger partial charge in [0, 0.05) is 23.5 Å². The Bertz CT molecular complexity index is 905. The van der Waals surface area contributed by atoms with Crippen LogP contribution < -0.4 is 10.1 Å². The van der Waals surface area contributed by atoms with Crippen molar-refractivity contribution in [2.24, 2.45) is 0 Å². The second-order valence-corrected chi connectivity index (χ2v) is 5.39. The predicted molar refractivity (Wildman–Crippen MR) is 85.9 cm³/mol. The van der Waals surface area contributed by atoms with E-state index in [9.17, 15) is 4.79 Å². The van der Waals surface area contributed by atoms with E-state index in [-0.39, 0.29) is 17.5 Å². The van der Waals surface area contributed by atoms with Gasteiger partial charge in [-0.15, -0.1) is 0 Å². The average molecular weight is 322 g/mol. The van der Waals surface area contributed by atoms with Gasteiger partial charge >= 0.3 is 0 Å². The van der Waals surface area contributed by atoms with Gasteiger partial charge in [0.2, 0.25) is 5.95 Å². The molecule has 1 aliphatic carbocycles. The molecular weight excluding hydrogens is 308 g/mol. The molecule has 0 unspecified atom stereocenters. The molecule has 3 aromatic rings. The largest absolute Gasteiger partial charge is 0.497 e. The molecule has 1 amide bonds. The Balaban J connectivity index is 1.67. The zero-order chi connectivity index (χ0) is 16.5. The van der Waals surface area contributed by atoms with E-state index in [2.05, 4.69) is 20.4 Å². The molecule has 0 bridgehead atoms. The number of methoxy groups -OCH3 is 1. The monoisotopic (exact) mass is 322 g/mol. The van der Waals surface area contributed by atoms with Crippen LogP contribution in [0.15, 0.2) is 41.2 Å². The molecule has 2 aromatic heterocycles. The molecule has 2 heterocycles. The zero-order valence-electron chi connectivity index (χ0n) is 12.9. The number of amides is 1. The predicted octanol–water partition coefficient (Wildman–Crippen LogP) is 2.49. The molecule has 7 nitrogen and oxygen atoms in total. The quantitative estimate of drug-likeness (QED) is 0.797. The lowest BCUT2D eigenvalue weighted by Gasteiger charge is -2.15. The highest BCUT2D eigenvalue weighted by Gasteiger charge is 2.28. The summed E-state index contributed by atoms with van der Waals surface area (Å²) in [6, 6.07) is 7.46. The molecular formula is C17H14N4O3. The van der Waals surface area contributed by atoms with Crippen LogP contribution in [0, 0.1) is 0 Å². The summed E-state index contributed by atoms with van der Waals surface area (Å²) in [6.07, 6.45) is 4.59. The smallest absolute Gasteiger partial charge is 0.280 e. The van der Waals surface area contributed by atoms with Crippen LogP contribution >= 0.6 is 0 Å². The number of aryl methyl sites for hydroxylation is 1. The van der Waals surface area contributed by atoms with E-state index in [4.69, 9.17) is 9.26 Å². The van der Waals surface area contributed by atoms with Gasteiger partial charge in [-0.25, -0.2) is 9.97 Å². The van der Waals surface area contributed by atoms with Crippen LogP contribution in [0.25, 0.3) is 11.3 Å². The van der Waals surface area contributed by atoms with Gasteiger partial charge in [-0.3, -0.25) is 10.1 Å². The number of nitrogens with one attached hydrogen (secondary N) is 1. The Labute approximate surface area is 137 Å². The third-order valence-corrected chi connectivity index (χ3v) is 4.00. The number of fused-ring (bicyclic) bond motifs is 3. The molecule has 120 valence electrons. The highest BCUT2D eigenvalue weighted by Crippen LogP contribution is 2.37. The lowest BCUT2D eigenvalue weighted by molar-refractivity contribution is 0.101. The molecule has 7 heteroatoms. The van der Waals surface area contributed by atoms with Crippen LogP contribution in [0.2, 0.25) is 0 Å². The highest BCUT2D eigenvalue weighted by atomic mass is 16.5. The summed E-state index contributed by atoms with van der Waals surface area (Å²) in [6.45, 7) is 0. The summed E-state index contributed by atoms with van der Waals surface area (Å²) in [5.74, 6) is 1.30. The molecule has 0 saturated heterocycles. The zero-order valence-corrected chi connectivity index (χ0v) is 12.9. The number of ether oxygens (including phenoxy) is 1. The van der Waals surface area contributed by atoms with Crippen molar-refractivity contribution >= 4 is 11.9 Å². The van der Waals surface area contributed by atoms with Gasteiger partial charge in [0.1, 0.15) is 5.75 Å². The Morgan fingerprint density at radius 1 is 1.25 bits per heavy atom. The summed E-state index contributed by atoms with van der Waals surface area (Å²) in [5.41, 5.74) is 3.15. The molecule has 0 fully saturated rings.